The first kappa shape index (κ1) is 18.2. The molecular formula is C20H20N2O3S. The Labute approximate surface area is 156 Å². The van der Waals surface area contributed by atoms with E-state index >= 15 is 0 Å². The number of imide groups is 1. The molecule has 3 amide bonds. The lowest BCUT2D eigenvalue weighted by Gasteiger charge is -2.06. The van der Waals surface area contributed by atoms with Gasteiger partial charge in [-0.3, -0.25) is 19.3 Å². The first-order valence-electron chi connectivity index (χ1n) is 8.35. The van der Waals surface area contributed by atoms with Gasteiger partial charge in [-0.15, -0.1) is 0 Å². The minimum Gasteiger partial charge on any atom is -0.351 e. The Morgan fingerprint density at radius 3 is 2.46 bits per heavy atom. The van der Waals surface area contributed by atoms with Gasteiger partial charge in [0, 0.05) is 30.7 Å². The molecule has 1 aliphatic heterocycles. The normalized spacial score (nSPS) is 13.1. The summed E-state index contributed by atoms with van der Waals surface area (Å²) in [5.41, 5.74) is 3.54. The second-order valence-electron chi connectivity index (χ2n) is 6.22. The lowest BCUT2D eigenvalue weighted by atomic mass is 10.1. The summed E-state index contributed by atoms with van der Waals surface area (Å²) >= 11 is 1.75. The smallest absolute Gasteiger partial charge is 0.261 e. The molecule has 0 saturated heterocycles. The van der Waals surface area contributed by atoms with Crippen LogP contribution in [0, 0.1) is 6.92 Å². The van der Waals surface area contributed by atoms with Crippen LogP contribution in [-0.2, 0) is 5.75 Å². The maximum Gasteiger partial charge on any atom is 0.261 e. The van der Waals surface area contributed by atoms with Crippen LogP contribution in [0.2, 0.25) is 0 Å². The molecule has 1 heterocycles. The number of amides is 3. The van der Waals surface area contributed by atoms with Crippen LogP contribution in [0.15, 0.2) is 42.5 Å². The Hall–Kier alpha value is -2.60. The van der Waals surface area contributed by atoms with Crippen molar-refractivity contribution in [2.24, 2.45) is 0 Å². The number of nitrogens with zero attached hydrogens (tertiary/aromatic N) is 1. The fourth-order valence-corrected chi connectivity index (χ4v) is 3.53. The van der Waals surface area contributed by atoms with Crippen LogP contribution in [0.3, 0.4) is 0 Å². The molecule has 2 aromatic rings. The average Bonchev–Trinajstić information content (AvgIpc) is 2.87. The molecule has 0 saturated carbocycles. The summed E-state index contributed by atoms with van der Waals surface area (Å²) in [7, 11) is 1.44. The second-order valence-corrected chi connectivity index (χ2v) is 7.33. The zero-order valence-corrected chi connectivity index (χ0v) is 15.6. The van der Waals surface area contributed by atoms with E-state index in [2.05, 4.69) is 36.5 Å². The maximum absolute atomic E-state index is 12.3. The molecule has 0 bridgehead atoms. The van der Waals surface area contributed by atoms with E-state index in [-0.39, 0.29) is 17.7 Å². The molecule has 6 heteroatoms. The Bertz CT molecular complexity index is 862. The lowest BCUT2D eigenvalue weighted by molar-refractivity contribution is 0.0693. The molecule has 1 N–H and O–H groups in total. The van der Waals surface area contributed by atoms with Gasteiger partial charge in [-0.25, -0.2) is 0 Å². The Balaban J connectivity index is 1.49. The average molecular weight is 368 g/mol. The summed E-state index contributed by atoms with van der Waals surface area (Å²) in [5.74, 6) is 0.763. The number of hydrogen-bond donors (Lipinski definition) is 1. The number of thioether (sulfide) groups is 1. The zero-order valence-electron chi connectivity index (χ0n) is 14.7. The highest BCUT2D eigenvalue weighted by Crippen LogP contribution is 2.22. The van der Waals surface area contributed by atoms with Gasteiger partial charge in [0.1, 0.15) is 0 Å². The van der Waals surface area contributed by atoms with E-state index in [9.17, 15) is 14.4 Å². The minimum atomic E-state index is -0.367. The number of carbonyl (C=O) groups excluding carboxylic acids is 3. The van der Waals surface area contributed by atoms with Gasteiger partial charge in [-0.1, -0.05) is 29.8 Å². The van der Waals surface area contributed by atoms with E-state index < -0.39 is 0 Å². The van der Waals surface area contributed by atoms with Crippen molar-refractivity contribution in [2.75, 3.05) is 19.3 Å². The van der Waals surface area contributed by atoms with Crippen molar-refractivity contribution in [1.29, 1.82) is 0 Å². The number of fused-ring (bicyclic) bond motifs is 1. The minimum absolute atomic E-state index is 0.237. The highest BCUT2D eigenvalue weighted by atomic mass is 32.2. The monoisotopic (exact) mass is 368 g/mol. The summed E-state index contributed by atoms with van der Waals surface area (Å²) in [5, 5.41) is 2.85. The quantitative estimate of drug-likeness (QED) is 0.629. The predicted octanol–water partition coefficient (Wildman–Crippen LogP) is 2.88. The number of hydrogen-bond acceptors (Lipinski definition) is 4. The molecule has 0 aliphatic carbocycles. The summed E-state index contributed by atoms with van der Waals surface area (Å²) in [6, 6.07) is 13.0. The molecule has 1 aliphatic rings. The molecule has 134 valence electrons. The lowest BCUT2D eigenvalue weighted by Crippen LogP contribution is -2.26. The van der Waals surface area contributed by atoms with Crippen LogP contribution in [-0.4, -0.2) is 42.0 Å². The number of rotatable bonds is 6. The summed E-state index contributed by atoms with van der Waals surface area (Å²) in [6.45, 7) is 2.60. The fourth-order valence-electron chi connectivity index (χ4n) is 2.72. The molecule has 0 spiro atoms. The van der Waals surface area contributed by atoms with Crippen LogP contribution in [0.5, 0.6) is 0 Å². The van der Waals surface area contributed by atoms with E-state index in [4.69, 9.17) is 0 Å². The molecule has 2 aromatic carbocycles. The molecule has 0 radical (unpaired) electrons. The Morgan fingerprint density at radius 2 is 1.73 bits per heavy atom. The van der Waals surface area contributed by atoms with Gasteiger partial charge in [-0.2, -0.15) is 11.8 Å². The van der Waals surface area contributed by atoms with Crippen LogP contribution in [0.25, 0.3) is 0 Å². The topological polar surface area (TPSA) is 66.5 Å². The summed E-state index contributed by atoms with van der Waals surface area (Å²) in [6.07, 6.45) is 0. The summed E-state index contributed by atoms with van der Waals surface area (Å²) in [4.78, 5) is 37.2. The Kier molecular flexibility index (Phi) is 5.42. The molecule has 0 atom stereocenters. The SMILES string of the molecule is Cc1ccc(CSCCNC(=O)c2ccc3c(c2)C(=O)N(C)C3=O)cc1. The van der Waals surface area contributed by atoms with Gasteiger partial charge < -0.3 is 5.32 Å². The van der Waals surface area contributed by atoms with Gasteiger partial charge in [0.05, 0.1) is 11.1 Å². The summed E-state index contributed by atoms with van der Waals surface area (Å²) < 4.78 is 0. The van der Waals surface area contributed by atoms with Crippen LogP contribution in [0.1, 0.15) is 42.2 Å². The van der Waals surface area contributed by atoms with E-state index in [0.29, 0.717) is 23.2 Å². The molecule has 3 rings (SSSR count). The highest BCUT2D eigenvalue weighted by molar-refractivity contribution is 7.98. The van der Waals surface area contributed by atoms with Crippen molar-refractivity contribution in [3.8, 4) is 0 Å². The number of aryl methyl sites for hydroxylation is 1. The highest BCUT2D eigenvalue weighted by Gasteiger charge is 2.33. The van der Waals surface area contributed by atoms with Gasteiger partial charge in [-0.05, 0) is 30.7 Å². The molecule has 0 aromatic heterocycles. The first-order chi connectivity index (χ1) is 12.5. The van der Waals surface area contributed by atoms with Gasteiger partial charge in [0.2, 0.25) is 0 Å². The third-order valence-corrected chi connectivity index (χ3v) is 5.30. The third-order valence-electron chi connectivity index (χ3n) is 4.27. The van der Waals surface area contributed by atoms with Crippen LogP contribution in [0.4, 0.5) is 0 Å². The van der Waals surface area contributed by atoms with E-state index in [1.165, 1.54) is 24.2 Å². The van der Waals surface area contributed by atoms with Gasteiger partial charge >= 0.3 is 0 Å². The number of carbonyl (C=O) groups is 3. The molecule has 0 fully saturated rings. The van der Waals surface area contributed by atoms with Crippen LogP contribution >= 0.6 is 11.8 Å². The van der Waals surface area contributed by atoms with Gasteiger partial charge in [0.25, 0.3) is 17.7 Å². The van der Waals surface area contributed by atoms with Crippen LogP contribution < -0.4 is 5.32 Å². The van der Waals surface area contributed by atoms with Crippen molar-refractivity contribution in [3.63, 3.8) is 0 Å². The first-order valence-corrected chi connectivity index (χ1v) is 9.51. The molecular weight excluding hydrogens is 348 g/mol. The zero-order chi connectivity index (χ0) is 18.7. The van der Waals surface area contributed by atoms with Crippen molar-refractivity contribution in [3.05, 3.63) is 70.3 Å². The second kappa shape index (κ2) is 7.74. The van der Waals surface area contributed by atoms with Crippen molar-refractivity contribution < 1.29 is 14.4 Å². The van der Waals surface area contributed by atoms with Crippen molar-refractivity contribution in [1.82, 2.24) is 10.2 Å². The molecule has 0 unspecified atom stereocenters. The van der Waals surface area contributed by atoms with Gasteiger partial charge in [0.15, 0.2) is 0 Å². The van der Waals surface area contributed by atoms with Crippen molar-refractivity contribution in [2.45, 2.75) is 12.7 Å². The molecule has 5 nitrogen and oxygen atoms in total. The van der Waals surface area contributed by atoms with E-state index in [1.807, 2.05) is 0 Å². The maximum atomic E-state index is 12.3. The van der Waals surface area contributed by atoms with E-state index in [1.54, 1.807) is 23.9 Å². The van der Waals surface area contributed by atoms with E-state index in [0.717, 1.165) is 16.4 Å². The van der Waals surface area contributed by atoms with Crippen molar-refractivity contribution >= 4 is 29.5 Å². The number of benzene rings is 2. The standard InChI is InChI=1S/C20H20N2O3S/c1-13-3-5-14(6-4-13)12-26-10-9-21-18(23)15-7-8-16-17(11-15)20(25)22(2)19(16)24/h3-8,11H,9-10,12H2,1-2H3,(H,21,23). The predicted molar refractivity (Wildman–Crippen MR) is 103 cm³/mol. The molecule has 26 heavy (non-hydrogen) atoms. The largest absolute Gasteiger partial charge is 0.351 e. The Morgan fingerprint density at radius 1 is 1.04 bits per heavy atom. The fraction of sp³-hybridized carbons (Fsp3) is 0.250. The number of nitrogens with one attached hydrogen (secondary N) is 1. The third kappa shape index (κ3) is 3.80.